The molecule has 25 heavy (non-hydrogen) atoms. The molecule has 0 aromatic carbocycles. The van der Waals surface area contributed by atoms with Crippen LogP contribution in [0, 0.1) is 11.3 Å². The van der Waals surface area contributed by atoms with Gasteiger partial charge in [-0.05, 0) is 50.3 Å². The van der Waals surface area contributed by atoms with Crippen LogP contribution in [0.1, 0.15) is 51.8 Å². The number of nitrogens with one attached hydrogen (secondary N) is 1. The van der Waals surface area contributed by atoms with Crippen molar-refractivity contribution >= 4 is 34.7 Å². The van der Waals surface area contributed by atoms with E-state index in [1.54, 1.807) is 11.3 Å². The van der Waals surface area contributed by atoms with Gasteiger partial charge in [0, 0.05) is 31.4 Å². The van der Waals surface area contributed by atoms with Crippen molar-refractivity contribution in [1.82, 2.24) is 9.62 Å². The summed E-state index contributed by atoms with van der Waals surface area (Å²) in [5.74, 6) is 0. The van der Waals surface area contributed by atoms with Gasteiger partial charge in [0.2, 0.25) is 0 Å². The molecular formula is C19H28N4S2. The summed E-state index contributed by atoms with van der Waals surface area (Å²) in [5, 5.41) is 13.0. The largest absolute Gasteiger partial charge is 0.314 e. The van der Waals surface area contributed by atoms with E-state index in [9.17, 15) is 5.26 Å². The van der Waals surface area contributed by atoms with Crippen LogP contribution in [0.2, 0.25) is 0 Å². The van der Waals surface area contributed by atoms with E-state index >= 15 is 0 Å². The van der Waals surface area contributed by atoms with Crippen LogP contribution in [0.4, 0.5) is 0 Å². The van der Waals surface area contributed by atoms with Crippen molar-refractivity contribution in [1.29, 1.82) is 5.26 Å². The van der Waals surface area contributed by atoms with Crippen LogP contribution in [0.15, 0.2) is 26.9 Å². The quantitative estimate of drug-likeness (QED) is 0.415. The Hall–Kier alpha value is -1.13. The first-order valence-corrected chi connectivity index (χ1v) is 10.7. The Bertz CT molecular complexity index is 663. The molecule has 1 fully saturated rings. The molecule has 4 nitrogen and oxygen atoms in total. The molecule has 1 atom stereocenters. The van der Waals surface area contributed by atoms with E-state index in [0.717, 1.165) is 54.3 Å². The molecule has 0 amide bonds. The van der Waals surface area contributed by atoms with Crippen LogP contribution >= 0.6 is 23.3 Å². The van der Waals surface area contributed by atoms with Gasteiger partial charge in [-0.25, -0.2) is 4.31 Å². The molecule has 1 N–H and O–H groups in total. The molecule has 1 aliphatic rings. The number of thiophene rings is 1. The second kappa shape index (κ2) is 10.1. The van der Waals surface area contributed by atoms with E-state index < -0.39 is 0 Å². The number of nitriles is 1. The van der Waals surface area contributed by atoms with Crippen LogP contribution in [-0.2, 0) is 0 Å². The number of piperazine rings is 1. The van der Waals surface area contributed by atoms with Gasteiger partial charge in [-0.3, -0.25) is 4.99 Å². The summed E-state index contributed by atoms with van der Waals surface area (Å²) in [6, 6.07) is 7.16. The fourth-order valence-electron chi connectivity index (χ4n) is 2.71. The molecule has 1 saturated heterocycles. The summed E-state index contributed by atoms with van der Waals surface area (Å²) >= 11 is 3.57. The molecule has 2 heterocycles. The number of allylic oxidation sites excluding steroid dienone is 1. The predicted octanol–water partition coefficient (Wildman–Crippen LogP) is 4.95. The number of aliphatic imine (C=N–C) groups is 1. The van der Waals surface area contributed by atoms with Crippen molar-refractivity contribution in [2.45, 2.75) is 57.2 Å². The lowest BCUT2D eigenvalue weighted by Crippen LogP contribution is -2.46. The molecule has 0 bridgehead atoms. The zero-order valence-electron chi connectivity index (χ0n) is 15.6. The topological polar surface area (TPSA) is 51.4 Å². The third kappa shape index (κ3) is 5.42. The average Bonchev–Trinajstić information content (AvgIpc) is 3.09. The zero-order chi connectivity index (χ0) is 18.2. The van der Waals surface area contributed by atoms with E-state index in [0.29, 0.717) is 12.5 Å². The SMILES string of the molecule is CCC(CC)=N/C(=C(/C#N)CC)c1ccc(SN2CCNCC2C)s1. The molecule has 1 aromatic heterocycles. The molecule has 2 rings (SSSR count). The predicted molar refractivity (Wildman–Crippen MR) is 110 cm³/mol. The van der Waals surface area contributed by atoms with Crippen molar-refractivity contribution in [3.8, 4) is 6.07 Å². The molecule has 1 aromatic rings. The van der Waals surface area contributed by atoms with Crippen LogP contribution in [0.5, 0.6) is 0 Å². The fourth-order valence-corrected chi connectivity index (χ4v) is 4.96. The maximum absolute atomic E-state index is 9.53. The highest BCUT2D eigenvalue weighted by molar-refractivity contribution is 7.99. The highest BCUT2D eigenvalue weighted by Gasteiger charge is 2.20. The first-order chi connectivity index (χ1) is 12.1. The standard InChI is InChI=1S/C19H28N4S2/c1-5-15(12-20)19(22-16(6-2)7-3)17-8-9-18(24-17)25-23-11-10-21-13-14(23)4/h8-9,14,21H,5-7,10-11,13H2,1-4H3/b19-15+. The molecule has 1 aliphatic heterocycles. The Morgan fingerprint density at radius 3 is 2.72 bits per heavy atom. The number of nitrogens with zero attached hydrogens (tertiary/aromatic N) is 3. The molecule has 0 aliphatic carbocycles. The summed E-state index contributed by atoms with van der Waals surface area (Å²) < 4.78 is 3.70. The molecule has 0 radical (unpaired) electrons. The highest BCUT2D eigenvalue weighted by Crippen LogP contribution is 2.36. The maximum Gasteiger partial charge on any atom is 0.0970 e. The Morgan fingerprint density at radius 1 is 1.36 bits per heavy atom. The second-order valence-corrected chi connectivity index (χ2v) is 8.52. The summed E-state index contributed by atoms with van der Waals surface area (Å²) in [6.07, 6.45) is 2.56. The lowest BCUT2D eigenvalue weighted by Gasteiger charge is -2.32. The van der Waals surface area contributed by atoms with E-state index in [-0.39, 0.29) is 0 Å². The van der Waals surface area contributed by atoms with E-state index in [1.807, 2.05) is 18.9 Å². The van der Waals surface area contributed by atoms with Gasteiger partial charge >= 0.3 is 0 Å². The maximum atomic E-state index is 9.53. The van der Waals surface area contributed by atoms with Gasteiger partial charge in [-0.2, -0.15) is 5.26 Å². The second-order valence-electron chi connectivity index (χ2n) is 6.08. The first-order valence-electron chi connectivity index (χ1n) is 9.08. The molecule has 6 heteroatoms. The summed E-state index contributed by atoms with van der Waals surface area (Å²) in [6.45, 7) is 11.6. The lowest BCUT2D eigenvalue weighted by molar-refractivity contribution is 0.309. The number of hydrogen-bond donors (Lipinski definition) is 1. The van der Waals surface area contributed by atoms with E-state index in [1.165, 1.54) is 4.21 Å². The average molecular weight is 377 g/mol. The Morgan fingerprint density at radius 2 is 2.12 bits per heavy atom. The minimum atomic E-state index is 0.523. The minimum Gasteiger partial charge on any atom is -0.314 e. The van der Waals surface area contributed by atoms with Gasteiger partial charge in [0.25, 0.3) is 0 Å². The first kappa shape index (κ1) is 20.2. The van der Waals surface area contributed by atoms with Crippen molar-refractivity contribution < 1.29 is 0 Å². The normalized spacial score (nSPS) is 19.2. The fraction of sp³-hybridized carbons (Fsp3) is 0.579. The molecule has 0 saturated carbocycles. The van der Waals surface area contributed by atoms with Gasteiger partial charge in [0.15, 0.2) is 0 Å². The Kier molecular flexibility index (Phi) is 8.17. The molecule has 136 valence electrons. The van der Waals surface area contributed by atoms with Gasteiger partial charge < -0.3 is 5.32 Å². The highest BCUT2D eigenvalue weighted by atomic mass is 32.2. The molecule has 0 spiro atoms. The zero-order valence-corrected chi connectivity index (χ0v) is 17.3. The van der Waals surface area contributed by atoms with Gasteiger partial charge in [0.05, 0.1) is 26.4 Å². The molecule has 1 unspecified atom stereocenters. The van der Waals surface area contributed by atoms with Crippen LogP contribution in [-0.4, -0.2) is 35.7 Å². The van der Waals surface area contributed by atoms with Crippen LogP contribution in [0.3, 0.4) is 0 Å². The van der Waals surface area contributed by atoms with Crippen molar-refractivity contribution in [2.24, 2.45) is 4.99 Å². The number of hydrogen-bond acceptors (Lipinski definition) is 6. The van der Waals surface area contributed by atoms with Crippen molar-refractivity contribution in [3.63, 3.8) is 0 Å². The molecular weight excluding hydrogens is 348 g/mol. The Labute approximate surface area is 160 Å². The van der Waals surface area contributed by atoms with Crippen LogP contribution < -0.4 is 5.32 Å². The van der Waals surface area contributed by atoms with Crippen molar-refractivity contribution in [3.05, 3.63) is 22.6 Å². The smallest absolute Gasteiger partial charge is 0.0970 e. The van der Waals surface area contributed by atoms with E-state index in [4.69, 9.17) is 4.99 Å². The van der Waals surface area contributed by atoms with Gasteiger partial charge in [-0.15, -0.1) is 11.3 Å². The summed E-state index contributed by atoms with van der Waals surface area (Å²) in [4.78, 5) is 5.95. The summed E-state index contributed by atoms with van der Waals surface area (Å²) in [7, 11) is 0. The number of rotatable bonds is 7. The van der Waals surface area contributed by atoms with E-state index in [2.05, 4.69) is 48.6 Å². The van der Waals surface area contributed by atoms with Crippen molar-refractivity contribution in [2.75, 3.05) is 19.6 Å². The third-order valence-corrected chi connectivity index (χ3v) is 6.78. The monoisotopic (exact) mass is 376 g/mol. The summed E-state index contributed by atoms with van der Waals surface area (Å²) in [5.41, 5.74) is 2.79. The minimum absolute atomic E-state index is 0.523. The Balaban J connectivity index is 2.28. The van der Waals surface area contributed by atoms with Crippen LogP contribution in [0.25, 0.3) is 5.70 Å². The van der Waals surface area contributed by atoms with Gasteiger partial charge in [-0.1, -0.05) is 20.8 Å². The lowest BCUT2D eigenvalue weighted by atomic mass is 10.1. The third-order valence-electron chi connectivity index (χ3n) is 4.32. The van der Waals surface area contributed by atoms with Gasteiger partial charge in [0.1, 0.15) is 0 Å².